The van der Waals surface area contributed by atoms with E-state index in [1.165, 1.54) is 12.1 Å². The second-order valence-electron chi connectivity index (χ2n) is 8.67. The van der Waals surface area contributed by atoms with Crippen LogP contribution in [-0.4, -0.2) is 5.11 Å². The van der Waals surface area contributed by atoms with E-state index in [0.29, 0.717) is 28.8 Å². The average Bonchev–Trinajstić information content (AvgIpc) is 2.99. The van der Waals surface area contributed by atoms with Crippen molar-refractivity contribution in [2.24, 2.45) is 13.5 Å². The van der Waals surface area contributed by atoms with Gasteiger partial charge >= 0.3 is 23.4 Å². The van der Waals surface area contributed by atoms with Crippen LogP contribution in [0.2, 0.25) is 0 Å². The van der Waals surface area contributed by atoms with Crippen LogP contribution in [0.15, 0.2) is 184 Å². The maximum Gasteiger partial charge on any atom is 0.603 e. The maximum absolute atomic E-state index is 9.96. The fourth-order valence-electron chi connectivity index (χ4n) is 3.35. The lowest BCUT2D eigenvalue weighted by molar-refractivity contribution is 0.355. The molecule has 1 aliphatic heterocycles. The van der Waals surface area contributed by atoms with Crippen molar-refractivity contribution in [1.82, 2.24) is 0 Å². The second kappa shape index (κ2) is 19.8. The molecule has 242 valence electrons. The van der Waals surface area contributed by atoms with Crippen LogP contribution in [0.3, 0.4) is 0 Å². The molecule has 1 aliphatic rings. The summed E-state index contributed by atoms with van der Waals surface area (Å²) in [7, 11) is -9.79. The number of hydrogen-bond donors (Lipinski definition) is 1. The van der Waals surface area contributed by atoms with Gasteiger partial charge in [0.2, 0.25) is 0 Å². The largest absolute Gasteiger partial charge is 0.603 e. The van der Waals surface area contributed by atoms with Crippen LogP contribution in [-0.2, 0) is 18.1 Å². The van der Waals surface area contributed by atoms with E-state index >= 15 is 0 Å². The van der Waals surface area contributed by atoms with Crippen molar-refractivity contribution in [2.75, 3.05) is 0 Å². The van der Waals surface area contributed by atoms with Crippen LogP contribution in [0, 0.1) is 0 Å². The van der Waals surface area contributed by atoms with Gasteiger partial charge in [0.25, 0.3) is 0 Å². The van der Waals surface area contributed by atoms with Crippen molar-refractivity contribution < 1.29 is 27.7 Å². The van der Waals surface area contributed by atoms with Gasteiger partial charge in [-0.2, -0.15) is 0 Å². The Bertz CT molecular complexity index is 1620. The molecule has 0 saturated carbocycles. The van der Waals surface area contributed by atoms with Gasteiger partial charge in [-0.15, -0.1) is 0 Å². The van der Waals surface area contributed by atoms with Crippen molar-refractivity contribution in [3.8, 4) is 11.5 Å². The van der Waals surface area contributed by atoms with Crippen LogP contribution in [0.25, 0.3) is 0 Å². The highest BCUT2D eigenvalue weighted by Gasteiger charge is 2.49. The highest BCUT2D eigenvalue weighted by atomic mass is 31.3. The molecule has 0 saturated heterocycles. The highest BCUT2D eigenvalue weighted by Crippen LogP contribution is 2.76. The molecule has 0 spiro atoms. The second-order valence-corrected chi connectivity index (χ2v) is 14.2. The minimum atomic E-state index is -3.82. The zero-order chi connectivity index (χ0) is 33.8. The number of rotatable bonds is 18. The molecule has 0 aromatic heterocycles. The van der Waals surface area contributed by atoms with E-state index in [9.17, 15) is 5.11 Å². The minimum absolute atomic E-state index is 0.0510. The molecule has 0 amide bonds. The summed E-state index contributed by atoms with van der Waals surface area (Å²) < 4.78 is 47.3. The number of allylic oxidation sites excluding steroid dienone is 16. The predicted octanol–water partition coefficient (Wildman–Crippen LogP) is 12.8. The molecular formula is C34H41N3O6P3+. The van der Waals surface area contributed by atoms with E-state index in [2.05, 4.69) is 26.3 Å². The predicted molar refractivity (Wildman–Crippen MR) is 193 cm³/mol. The van der Waals surface area contributed by atoms with Crippen LogP contribution < -0.4 is 4.52 Å². The molecule has 12 heteroatoms. The van der Waals surface area contributed by atoms with Crippen LogP contribution in [0.5, 0.6) is 11.5 Å². The van der Waals surface area contributed by atoms with E-state index < -0.39 is 23.4 Å². The van der Waals surface area contributed by atoms with Gasteiger partial charge in [0.05, 0.1) is 9.03 Å². The summed E-state index contributed by atoms with van der Waals surface area (Å²) in [6.45, 7) is 22.6. The topological polar surface area (TPSA) is 103 Å². The van der Waals surface area contributed by atoms with E-state index in [0.717, 1.165) is 0 Å². The van der Waals surface area contributed by atoms with Gasteiger partial charge in [-0.25, -0.2) is 4.52 Å². The number of benzene rings is 1. The first-order valence-corrected chi connectivity index (χ1v) is 18.3. The van der Waals surface area contributed by atoms with Crippen LogP contribution in [0.1, 0.15) is 27.7 Å². The molecule has 46 heavy (non-hydrogen) atoms. The molecular weight excluding hydrogens is 639 g/mol. The fraction of sp³-hybridized carbons (Fsp3) is 0.118. The highest BCUT2D eigenvalue weighted by molar-refractivity contribution is 7.75. The molecule has 2 rings (SSSR count). The molecule has 0 fully saturated rings. The Hall–Kier alpha value is -4.54. The maximum atomic E-state index is 9.96. The molecule has 0 bridgehead atoms. The molecule has 1 heterocycles. The van der Waals surface area contributed by atoms with Crippen LogP contribution in [0.4, 0.5) is 0 Å². The van der Waals surface area contributed by atoms with Crippen molar-refractivity contribution in [3.05, 3.63) is 171 Å². The number of hydrogen-bond acceptors (Lipinski definition) is 9. The molecule has 2 atom stereocenters. The van der Waals surface area contributed by atoms with Gasteiger partial charge in [0.1, 0.15) is 28.8 Å². The lowest BCUT2D eigenvalue weighted by Gasteiger charge is -2.26. The summed E-state index contributed by atoms with van der Waals surface area (Å²) in [5, 5.41) is 9.96. The summed E-state index contributed by atoms with van der Waals surface area (Å²) in [5.74, 6) is 1.87. The van der Waals surface area contributed by atoms with Crippen LogP contribution >= 0.6 is 23.4 Å². The van der Waals surface area contributed by atoms with E-state index in [1.807, 2.05) is 33.8 Å². The number of aromatic hydroxyl groups is 1. The summed E-state index contributed by atoms with van der Waals surface area (Å²) in [5.41, 5.74) is 0. The first-order chi connectivity index (χ1) is 22.2. The third kappa shape index (κ3) is 12.1. The third-order valence-corrected chi connectivity index (χ3v) is 12.0. The summed E-state index contributed by atoms with van der Waals surface area (Å²) in [6, 6.07) is 6.10. The lowest BCUT2D eigenvalue weighted by Crippen LogP contribution is -2.02. The van der Waals surface area contributed by atoms with Gasteiger partial charge in [-0.05, 0) is 101 Å². The zero-order valence-electron chi connectivity index (χ0n) is 26.5. The molecule has 1 N–H and O–H groups in total. The summed E-state index contributed by atoms with van der Waals surface area (Å²) in [4.78, 5) is 0. The lowest BCUT2D eigenvalue weighted by atomic mass is 10.3. The smallest absolute Gasteiger partial charge is 0.508 e. The first-order valence-electron chi connectivity index (χ1n) is 14.1. The molecule has 2 unspecified atom stereocenters. The quantitative estimate of drug-likeness (QED) is 0.0940. The number of phenolic OH excluding ortho intramolecular Hbond substituents is 1. The fourth-order valence-corrected chi connectivity index (χ4v) is 10.9. The zero-order valence-corrected chi connectivity index (χ0v) is 29.2. The monoisotopic (exact) mass is 680 g/mol. The third-order valence-electron chi connectivity index (χ3n) is 4.98. The van der Waals surface area contributed by atoms with Crippen molar-refractivity contribution >= 4 is 23.4 Å². The average molecular weight is 681 g/mol. The van der Waals surface area contributed by atoms with E-state index in [4.69, 9.17) is 36.2 Å². The number of nitrogens with zero attached hydrogens (tertiary/aromatic N) is 3. The van der Waals surface area contributed by atoms with Gasteiger partial charge < -0.3 is 23.2 Å². The summed E-state index contributed by atoms with van der Waals surface area (Å²) in [6.07, 6.45) is 27.1. The molecule has 0 aliphatic carbocycles. The Morgan fingerprint density at radius 1 is 0.652 bits per heavy atom. The van der Waals surface area contributed by atoms with Crippen molar-refractivity contribution in [1.29, 1.82) is 0 Å². The Balaban J connectivity index is 3.16. The van der Waals surface area contributed by atoms with E-state index in [1.54, 1.807) is 103 Å². The molecule has 1 aromatic rings. The Morgan fingerprint density at radius 2 is 1.07 bits per heavy atom. The standard InChI is InChI=1S/C34H40N3O6P3/c1-9-17-30(18-10-2)39-44-35-45(40-31(19-11-3)20-12-4,41-32(21-13-5)22-14-6)37-46(36-44,42-33(23-15-7)24-16-8)43-34-27-25-29(38)26-28-34/h9-28H,1,3,5,7H2,2,4,6,8H3/p+1/b18-10-,20-12-,22-14-,24-16-,30-17+,31-19+,32-21+,33-23+. The van der Waals surface area contributed by atoms with E-state index in [-0.39, 0.29) is 5.75 Å². The Morgan fingerprint density at radius 3 is 1.50 bits per heavy atom. The summed E-state index contributed by atoms with van der Waals surface area (Å²) >= 11 is 0. The number of phenols is 1. The van der Waals surface area contributed by atoms with Gasteiger partial charge in [0, 0.05) is 0 Å². The minimum Gasteiger partial charge on any atom is -0.508 e. The van der Waals surface area contributed by atoms with Gasteiger partial charge in [-0.3, -0.25) is 0 Å². The Labute approximate surface area is 274 Å². The molecule has 0 radical (unpaired) electrons. The molecule has 1 aromatic carbocycles. The normalized spacial score (nSPS) is 19.7. The van der Waals surface area contributed by atoms with Gasteiger partial charge in [0.15, 0.2) is 5.76 Å². The van der Waals surface area contributed by atoms with Gasteiger partial charge in [-0.1, -0.05) is 79.4 Å². The first kappa shape index (κ1) is 37.6. The Kier molecular flexibility index (Phi) is 16.2. The van der Waals surface area contributed by atoms with Crippen molar-refractivity contribution in [3.63, 3.8) is 0 Å². The van der Waals surface area contributed by atoms with Crippen molar-refractivity contribution in [2.45, 2.75) is 27.7 Å². The SMILES string of the molecule is C=C/C=C(\C=C/C)O[P+]1=NP(OC(/C=C\C)=C/C=C)(OC(/C=C\C)=C/C=C)=NP(OC(/C=C\C)=C/C=C)(Oc2ccc(O)cc2)=N1. The molecule has 9 nitrogen and oxygen atoms in total.